The van der Waals surface area contributed by atoms with E-state index in [2.05, 4.69) is 0 Å². The van der Waals surface area contributed by atoms with Crippen LogP contribution in [-0.2, 0) is 6.18 Å². The number of alkyl halides is 3. The van der Waals surface area contributed by atoms with E-state index >= 15 is 0 Å². The monoisotopic (exact) mass is 226 g/mol. The molecule has 15 heavy (non-hydrogen) atoms. The number of hydrogen-bond acceptors (Lipinski definition) is 2. The van der Waals surface area contributed by atoms with E-state index in [0.29, 0.717) is 0 Å². The maximum Gasteiger partial charge on any atom is 0.488 e. The van der Waals surface area contributed by atoms with Crippen molar-refractivity contribution in [1.82, 2.24) is 0 Å². The fourth-order valence-corrected chi connectivity index (χ4v) is 0.965. The van der Waals surface area contributed by atoms with Crippen LogP contribution in [0.4, 0.5) is 22.0 Å². The Bertz CT molecular complexity index is 376. The van der Waals surface area contributed by atoms with Crippen molar-refractivity contribution in [3.8, 4) is 0 Å². The first-order valence-corrected chi connectivity index (χ1v) is 3.65. The third kappa shape index (κ3) is 2.45. The van der Waals surface area contributed by atoms with E-state index in [1.807, 2.05) is 0 Å². The van der Waals surface area contributed by atoms with Gasteiger partial charge >= 0.3 is 13.3 Å². The number of hydrogen-bond donors (Lipinski definition) is 2. The SMILES string of the molecule is OB(O)c1cc(F)c(F)c(C(F)(F)F)c1. The summed E-state index contributed by atoms with van der Waals surface area (Å²) >= 11 is 0. The van der Waals surface area contributed by atoms with Gasteiger partial charge < -0.3 is 10.0 Å². The predicted molar refractivity (Wildman–Crippen MR) is 41.2 cm³/mol. The predicted octanol–water partition coefficient (Wildman–Crippen LogP) is 0.663. The molecule has 0 saturated carbocycles. The summed E-state index contributed by atoms with van der Waals surface area (Å²) in [6.45, 7) is 0. The summed E-state index contributed by atoms with van der Waals surface area (Å²) < 4.78 is 61.6. The lowest BCUT2D eigenvalue weighted by atomic mass is 9.79. The molecule has 0 atom stereocenters. The van der Waals surface area contributed by atoms with Gasteiger partial charge in [0.25, 0.3) is 0 Å². The molecular weight excluding hydrogens is 222 g/mol. The summed E-state index contributed by atoms with van der Waals surface area (Å²) in [5.41, 5.74) is -2.63. The second kappa shape index (κ2) is 3.78. The summed E-state index contributed by atoms with van der Waals surface area (Å²) in [5, 5.41) is 17.1. The molecule has 1 aromatic carbocycles. The van der Waals surface area contributed by atoms with Crippen LogP contribution in [0.2, 0.25) is 0 Å². The van der Waals surface area contributed by atoms with Crippen LogP contribution in [0.3, 0.4) is 0 Å². The highest BCUT2D eigenvalue weighted by Crippen LogP contribution is 2.31. The maximum absolute atomic E-state index is 12.7. The molecule has 0 radical (unpaired) electrons. The van der Waals surface area contributed by atoms with E-state index in [1.165, 1.54) is 0 Å². The molecule has 0 spiro atoms. The van der Waals surface area contributed by atoms with Gasteiger partial charge in [-0.15, -0.1) is 0 Å². The molecule has 0 aliphatic carbocycles. The Labute approximate surface area is 81.1 Å². The van der Waals surface area contributed by atoms with E-state index in [0.717, 1.165) is 0 Å². The molecule has 0 saturated heterocycles. The normalized spacial score (nSPS) is 11.7. The van der Waals surface area contributed by atoms with E-state index < -0.39 is 36.0 Å². The van der Waals surface area contributed by atoms with Crippen molar-refractivity contribution in [3.63, 3.8) is 0 Å². The van der Waals surface area contributed by atoms with E-state index in [4.69, 9.17) is 10.0 Å². The molecule has 0 fully saturated rings. The average Bonchev–Trinajstić information content (AvgIpc) is 2.06. The van der Waals surface area contributed by atoms with E-state index in [-0.39, 0.29) is 12.1 Å². The smallest absolute Gasteiger partial charge is 0.423 e. The van der Waals surface area contributed by atoms with Gasteiger partial charge in [0.2, 0.25) is 0 Å². The zero-order valence-corrected chi connectivity index (χ0v) is 7.02. The van der Waals surface area contributed by atoms with Gasteiger partial charge in [0, 0.05) is 0 Å². The van der Waals surface area contributed by atoms with Crippen molar-refractivity contribution in [3.05, 3.63) is 29.3 Å². The Balaban J connectivity index is 3.38. The Hall–Kier alpha value is -1.15. The van der Waals surface area contributed by atoms with Crippen molar-refractivity contribution in [2.24, 2.45) is 0 Å². The Kier molecular flexibility index (Phi) is 3.01. The molecule has 0 bridgehead atoms. The minimum absolute atomic E-state index is 0.142. The molecule has 2 nitrogen and oxygen atoms in total. The first-order valence-electron chi connectivity index (χ1n) is 3.65. The van der Waals surface area contributed by atoms with Crippen LogP contribution in [0.5, 0.6) is 0 Å². The van der Waals surface area contributed by atoms with Crippen molar-refractivity contribution in [1.29, 1.82) is 0 Å². The third-order valence-electron chi connectivity index (χ3n) is 1.65. The van der Waals surface area contributed by atoms with Crippen molar-refractivity contribution >= 4 is 12.6 Å². The molecular formula is C7H4BF5O2. The lowest BCUT2D eigenvalue weighted by molar-refractivity contribution is -0.140. The van der Waals surface area contributed by atoms with Crippen molar-refractivity contribution < 1.29 is 32.0 Å². The van der Waals surface area contributed by atoms with Gasteiger partial charge in [0.1, 0.15) is 0 Å². The number of rotatable bonds is 1. The first-order chi connectivity index (χ1) is 6.73. The molecule has 1 rings (SSSR count). The summed E-state index contributed by atoms with van der Waals surface area (Å²) in [4.78, 5) is 0. The van der Waals surface area contributed by atoms with E-state index in [9.17, 15) is 22.0 Å². The Morgan fingerprint density at radius 3 is 2.00 bits per heavy atom. The molecule has 1 aromatic rings. The maximum atomic E-state index is 12.7. The van der Waals surface area contributed by atoms with Crippen molar-refractivity contribution in [2.45, 2.75) is 6.18 Å². The number of benzene rings is 1. The van der Waals surface area contributed by atoms with Crippen LogP contribution in [0, 0.1) is 11.6 Å². The summed E-state index contributed by atoms with van der Waals surface area (Å²) in [7, 11) is -2.29. The molecule has 2 N–H and O–H groups in total. The highest BCUT2D eigenvalue weighted by molar-refractivity contribution is 6.58. The molecule has 0 aromatic heterocycles. The zero-order valence-electron chi connectivity index (χ0n) is 7.02. The minimum atomic E-state index is -5.09. The molecule has 82 valence electrons. The van der Waals surface area contributed by atoms with E-state index in [1.54, 1.807) is 0 Å². The van der Waals surface area contributed by atoms with Crippen LogP contribution in [0.15, 0.2) is 12.1 Å². The second-order valence-corrected chi connectivity index (χ2v) is 2.74. The first kappa shape index (κ1) is 11.9. The van der Waals surface area contributed by atoms with Gasteiger partial charge in [0.05, 0.1) is 5.56 Å². The summed E-state index contributed by atoms with van der Waals surface area (Å²) in [5.74, 6) is -3.85. The zero-order chi connectivity index (χ0) is 11.8. The van der Waals surface area contributed by atoms with Gasteiger partial charge in [-0.05, 0) is 17.6 Å². The van der Waals surface area contributed by atoms with Gasteiger partial charge in [0.15, 0.2) is 11.6 Å². The highest BCUT2D eigenvalue weighted by Gasteiger charge is 2.36. The third-order valence-corrected chi connectivity index (χ3v) is 1.65. The molecule has 0 aliphatic heterocycles. The van der Waals surface area contributed by atoms with Crippen LogP contribution in [-0.4, -0.2) is 17.2 Å². The minimum Gasteiger partial charge on any atom is -0.423 e. The van der Waals surface area contributed by atoms with Gasteiger partial charge in [-0.25, -0.2) is 8.78 Å². The van der Waals surface area contributed by atoms with Crippen molar-refractivity contribution in [2.75, 3.05) is 0 Å². The molecule has 0 heterocycles. The number of halogens is 5. The largest absolute Gasteiger partial charge is 0.488 e. The average molecular weight is 226 g/mol. The summed E-state index contributed by atoms with van der Waals surface area (Å²) in [6.07, 6.45) is -5.09. The molecule has 0 amide bonds. The van der Waals surface area contributed by atoms with Gasteiger partial charge in [-0.1, -0.05) is 0 Å². The summed E-state index contributed by atoms with van der Waals surface area (Å²) in [6, 6.07) is 0.429. The fraction of sp³-hybridized carbons (Fsp3) is 0.143. The van der Waals surface area contributed by atoms with Crippen LogP contribution in [0.25, 0.3) is 0 Å². The Morgan fingerprint density at radius 2 is 1.60 bits per heavy atom. The van der Waals surface area contributed by atoms with Crippen LogP contribution in [0.1, 0.15) is 5.56 Å². The van der Waals surface area contributed by atoms with Gasteiger partial charge in [-0.3, -0.25) is 0 Å². The molecule has 8 heteroatoms. The lowest BCUT2D eigenvalue weighted by Gasteiger charge is -2.10. The highest BCUT2D eigenvalue weighted by atomic mass is 19.4. The Morgan fingerprint density at radius 1 is 1.07 bits per heavy atom. The van der Waals surface area contributed by atoms with Gasteiger partial charge in [-0.2, -0.15) is 13.2 Å². The topological polar surface area (TPSA) is 40.5 Å². The molecule has 0 unspecified atom stereocenters. The lowest BCUT2D eigenvalue weighted by Crippen LogP contribution is -2.32. The molecule has 0 aliphatic rings. The van der Waals surface area contributed by atoms with Crippen LogP contribution >= 0.6 is 0 Å². The quantitative estimate of drug-likeness (QED) is 0.545. The van der Waals surface area contributed by atoms with Crippen LogP contribution < -0.4 is 5.46 Å². The second-order valence-electron chi connectivity index (χ2n) is 2.74. The fourth-order valence-electron chi connectivity index (χ4n) is 0.965. The standard InChI is InChI=1S/C7H4BF5O2/c9-5-2-3(8(14)15)1-4(6(5)10)7(11,12)13/h1-2,14-15H.